The molecule has 0 aliphatic rings. The maximum Gasteiger partial charge on any atom is 0.130 e. The monoisotopic (exact) mass is 291 g/mol. The molecule has 2 aromatic rings. The molecule has 0 aliphatic carbocycles. The predicted octanol–water partition coefficient (Wildman–Crippen LogP) is 3.03. The summed E-state index contributed by atoms with van der Waals surface area (Å²) in [4.78, 5) is 4.05. The van der Waals surface area contributed by atoms with E-state index in [2.05, 4.69) is 31.1 Å². The van der Waals surface area contributed by atoms with Crippen LogP contribution in [0.5, 0.6) is 5.75 Å². The van der Waals surface area contributed by atoms with Crippen molar-refractivity contribution in [3.8, 4) is 5.75 Å². The van der Waals surface area contributed by atoms with Gasteiger partial charge in [-0.1, -0.05) is 0 Å². The number of nitrogens with one attached hydrogen (secondary N) is 1. The molecule has 21 heavy (non-hydrogen) atoms. The van der Waals surface area contributed by atoms with Crippen molar-refractivity contribution in [3.63, 3.8) is 0 Å². The third-order valence-corrected chi connectivity index (χ3v) is 3.12. The minimum Gasteiger partial charge on any atom is -0.487 e. The van der Waals surface area contributed by atoms with Gasteiger partial charge in [-0.05, 0) is 39.0 Å². The molecule has 1 aromatic heterocycles. The van der Waals surface area contributed by atoms with E-state index in [1.54, 1.807) is 18.6 Å². The lowest BCUT2D eigenvalue weighted by molar-refractivity contribution is 0.291. The molecule has 2 rings (SSSR count). The largest absolute Gasteiger partial charge is 0.487 e. The lowest BCUT2D eigenvalue weighted by Crippen LogP contribution is -2.35. The Labute approximate surface area is 125 Å². The first-order chi connectivity index (χ1) is 9.85. The molecular weight excluding hydrogens is 269 g/mol. The van der Waals surface area contributed by atoms with Crippen molar-refractivity contribution in [3.05, 3.63) is 47.8 Å². The van der Waals surface area contributed by atoms with Crippen molar-refractivity contribution in [2.75, 3.05) is 0 Å². The van der Waals surface area contributed by atoms with Gasteiger partial charge in [0, 0.05) is 24.7 Å². The van der Waals surface area contributed by atoms with Crippen LogP contribution in [-0.2, 0) is 20.2 Å². The molecule has 0 amide bonds. The van der Waals surface area contributed by atoms with Crippen LogP contribution in [0.15, 0.2) is 30.7 Å². The van der Waals surface area contributed by atoms with Crippen LogP contribution in [0.3, 0.4) is 0 Å². The number of halogens is 1. The molecule has 1 N–H and O–H groups in total. The second-order valence-corrected chi connectivity index (χ2v) is 6.14. The Balaban J connectivity index is 2.09. The normalized spacial score (nSPS) is 11.7. The van der Waals surface area contributed by atoms with E-state index in [1.807, 2.05) is 11.6 Å². The third-order valence-electron chi connectivity index (χ3n) is 3.12. The van der Waals surface area contributed by atoms with Crippen LogP contribution >= 0.6 is 0 Å². The minimum atomic E-state index is -0.256. The molecule has 0 fully saturated rings. The summed E-state index contributed by atoms with van der Waals surface area (Å²) in [6.07, 6.45) is 3.49. The van der Waals surface area contributed by atoms with Gasteiger partial charge in [-0.2, -0.15) is 0 Å². The van der Waals surface area contributed by atoms with E-state index in [9.17, 15) is 4.39 Å². The first-order valence-electron chi connectivity index (χ1n) is 6.96. The van der Waals surface area contributed by atoms with Gasteiger partial charge in [-0.25, -0.2) is 9.37 Å². The number of hydrogen-bond donors (Lipinski definition) is 1. The van der Waals surface area contributed by atoms with E-state index in [0.717, 1.165) is 11.3 Å². The van der Waals surface area contributed by atoms with Gasteiger partial charge >= 0.3 is 0 Å². The van der Waals surface area contributed by atoms with Gasteiger partial charge in [0.25, 0.3) is 0 Å². The number of imidazole rings is 1. The van der Waals surface area contributed by atoms with Gasteiger partial charge in [0.1, 0.15) is 18.2 Å². The Morgan fingerprint density at radius 2 is 2.10 bits per heavy atom. The highest BCUT2D eigenvalue weighted by atomic mass is 19.1. The standard InChI is InChI=1S/C16H22FN3O/c1-16(2,3)19-8-12-7-13(17)5-6-15(12)21-10-14-9-18-11-20(14)4/h5-7,9,11,19H,8,10H2,1-4H3. The zero-order valence-electron chi connectivity index (χ0n) is 13.0. The van der Waals surface area contributed by atoms with Gasteiger partial charge < -0.3 is 14.6 Å². The van der Waals surface area contributed by atoms with E-state index >= 15 is 0 Å². The quantitative estimate of drug-likeness (QED) is 0.920. The highest BCUT2D eigenvalue weighted by molar-refractivity contribution is 5.34. The van der Waals surface area contributed by atoms with Crippen LogP contribution in [0.4, 0.5) is 4.39 Å². The van der Waals surface area contributed by atoms with Gasteiger partial charge in [0.2, 0.25) is 0 Å². The Kier molecular flexibility index (Phi) is 4.63. The van der Waals surface area contributed by atoms with Gasteiger partial charge in [-0.15, -0.1) is 0 Å². The number of nitrogens with zero attached hydrogens (tertiary/aromatic N) is 2. The van der Waals surface area contributed by atoms with Crippen molar-refractivity contribution >= 4 is 0 Å². The van der Waals surface area contributed by atoms with Gasteiger partial charge in [0.15, 0.2) is 0 Å². The fraction of sp³-hybridized carbons (Fsp3) is 0.438. The van der Waals surface area contributed by atoms with Crippen molar-refractivity contribution in [1.82, 2.24) is 14.9 Å². The molecule has 5 heteroatoms. The predicted molar refractivity (Wildman–Crippen MR) is 80.5 cm³/mol. The summed E-state index contributed by atoms with van der Waals surface area (Å²) in [7, 11) is 1.92. The number of aromatic nitrogens is 2. The maximum absolute atomic E-state index is 13.4. The molecule has 0 aliphatic heterocycles. The first kappa shape index (κ1) is 15.5. The molecule has 0 radical (unpaired) electrons. The summed E-state index contributed by atoms with van der Waals surface area (Å²) in [6, 6.07) is 4.60. The van der Waals surface area contributed by atoms with Crippen LogP contribution < -0.4 is 10.1 Å². The van der Waals surface area contributed by atoms with Crippen LogP contribution in [-0.4, -0.2) is 15.1 Å². The van der Waals surface area contributed by atoms with Crippen LogP contribution in [0.25, 0.3) is 0 Å². The maximum atomic E-state index is 13.4. The van der Waals surface area contributed by atoms with Crippen molar-refractivity contribution < 1.29 is 9.13 Å². The second-order valence-electron chi connectivity index (χ2n) is 6.14. The molecule has 0 saturated carbocycles. The van der Waals surface area contributed by atoms with E-state index in [1.165, 1.54) is 12.1 Å². The number of ether oxygens (including phenoxy) is 1. The lowest BCUT2D eigenvalue weighted by atomic mass is 10.1. The molecule has 114 valence electrons. The van der Waals surface area contributed by atoms with E-state index < -0.39 is 0 Å². The molecular formula is C16H22FN3O. The Morgan fingerprint density at radius 1 is 1.33 bits per heavy atom. The number of rotatable bonds is 5. The highest BCUT2D eigenvalue weighted by Gasteiger charge is 2.12. The molecule has 4 nitrogen and oxygen atoms in total. The summed E-state index contributed by atoms with van der Waals surface area (Å²) < 4.78 is 21.2. The average molecular weight is 291 g/mol. The molecule has 0 spiro atoms. The Bertz CT molecular complexity index is 602. The second kappa shape index (κ2) is 6.26. The average Bonchev–Trinajstić information content (AvgIpc) is 2.80. The minimum absolute atomic E-state index is 0.0361. The summed E-state index contributed by atoms with van der Waals surface area (Å²) >= 11 is 0. The zero-order chi connectivity index (χ0) is 15.5. The molecule has 0 bridgehead atoms. The fourth-order valence-corrected chi connectivity index (χ4v) is 1.86. The van der Waals surface area contributed by atoms with Crippen LogP contribution in [0.2, 0.25) is 0 Å². The lowest BCUT2D eigenvalue weighted by Gasteiger charge is -2.21. The first-order valence-corrected chi connectivity index (χ1v) is 6.96. The topological polar surface area (TPSA) is 39.1 Å². The van der Waals surface area contributed by atoms with Crippen molar-refractivity contribution in [2.45, 2.75) is 39.5 Å². The molecule has 0 atom stereocenters. The van der Waals surface area contributed by atoms with Crippen LogP contribution in [0, 0.1) is 5.82 Å². The Morgan fingerprint density at radius 3 is 2.71 bits per heavy atom. The van der Waals surface area contributed by atoms with Crippen LogP contribution in [0.1, 0.15) is 32.0 Å². The van der Waals surface area contributed by atoms with E-state index in [0.29, 0.717) is 18.9 Å². The summed E-state index contributed by atoms with van der Waals surface area (Å²) in [5.41, 5.74) is 1.74. The summed E-state index contributed by atoms with van der Waals surface area (Å²) in [5.74, 6) is 0.433. The van der Waals surface area contributed by atoms with Gasteiger partial charge in [-0.3, -0.25) is 0 Å². The summed E-state index contributed by atoms with van der Waals surface area (Å²) in [5, 5.41) is 3.35. The highest BCUT2D eigenvalue weighted by Crippen LogP contribution is 2.21. The Hall–Kier alpha value is -1.88. The smallest absolute Gasteiger partial charge is 0.130 e. The summed E-state index contributed by atoms with van der Waals surface area (Å²) in [6.45, 7) is 7.18. The number of hydrogen-bond acceptors (Lipinski definition) is 3. The van der Waals surface area contributed by atoms with Gasteiger partial charge in [0.05, 0.1) is 18.2 Å². The SMILES string of the molecule is Cn1cncc1COc1ccc(F)cc1CNC(C)(C)C. The number of aryl methyl sites for hydroxylation is 1. The fourth-order valence-electron chi connectivity index (χ4n) is 1.86. The van der Waals surface area contributed by atoms with E-state index in [4.69, 9.17) is 4.74 Å². The number of benzene rings is 1. The molecule has 0 saturated heterocycles. The van der Waals surface area contributed by atoms with E-state index in [-0.39, 0.29) is 11.4 Å². The van der Waals surface area contributed by atoms with Crippen molar-refractivity contribution in [2.24, 2.45) is 7.05 Å². The molecule has 1 heterocycles. The third kappa shape index (κ3) is 4.56. The van der Waals surface area contributed by atoms with Crippen molar-refractivity contribution in [1.29, 1.82) is 0 Å². The molecule has 0 unspecified atom stereocenters. The zero-order valence-corrected chi connectivity index (χ0v) is 13.0. The molecule has 1 aromatic carbocycles.